The van der Waals surface area contributed by atoms with Gasteiger partial charge in [-0.15, -0.1) is 10.3 Å². The van der Waals surface area contributed by atoms with E-state index in [0.29, 0.717) is 30.4 Å². The number of amides is 1. The first-order chi connectivity index (χ1) is 13.8. The Balaban J connectivity index is 1.59. The Morgan fingerprint density at radius 1 is 1.07 bits per heavy atom. The molecular formula is C25H39N2O3. The molecule has 5 nitrogen and oxygen atoms in total. The van der Waals surface area contributed by atoms with Crippen LogP contribution in [0.2, 0.25) is 0 Å². The van der Waals surface area contributed by atoms with Gasteiger partial charge in [-0.05, 0) is 88.3 Å². The maximum Gasteiger partial charge on any atom is 0.223 e. The number of nitrogens with one attached hydrogen (secondary N) is 1. The molecule has 3 rings (SSSR count). The summed E-state index contributed by atoms with van der Waals surface area (Å²) in [6, 6.07) is 7.47. The molecule has 1 radical (unpaired) electrons. The molecule has 1 amide bonds. The number of carbonyl (C=O) groups is 1. The third kappa shape index (κ3) is 4.52. The Bertz CT molecular complexity index is 755. The molecule has 5 heteroatoms. The van der Waals surface area contributed by atoms with Gasteiger partial charge in [0.05, 0.1) is 0 Å². The molecule has 1 heterocycles. The van der Waals surface area contributed by atoms with Crippen LogP contribution in [0.15, 0.2) is 24.3 Å². The first-order valence-corrected chi connectivity index (χ1v) is 11.3. The summed E-state index contributed by atoms with van der Waals surface area (Å²) in [4.78, 5) is 13.1. The average molecular weight is 416 g/mol. The first kappa shape index (κ1) is 23.1. The maximum atomic E-state index is 13.1. The van der Waals surface area contributed by atoms with E-state index in [4.69, 9.17) is 0 Å². The molecule has 1 aromatic rings. The molecule has 0 spiro atoms. The predicted octanol–water partition coefficient (Wildman–Crippen LogP) is 4.72. The van der Waals surface area contributed by atoms with E-state index in [1.165, 1.54) is 10.6 Å². The minimum Gasteiger partial charge on any atom is -0.508 e. The van der Waals surface area contributed by atoms with Crippen LogP contribution in [0.3, 0.4) is 0 Å². The molecule has 1 aliphatic carbocycles. The van der Waals surface area contributed by atoms with Crippen molar-refractivity contribution in [1.29, 1.82) is 0 Å². The van der Waals surface area contributed by atoms with Crippen molar-refractivity contribution in [3.05, 3.63) is 29.8 Å². The lowest BCUT2D eigenvalue weighted by molar-refractivity contribution is -0.290. The van der Waals surface area contributed by atoms with Crippen LogP contribution >= 0.6 is 0 Å². The van der Waals surface area contributed by atoms with Gasteiger partial charge >= 0.3 is 0 Å². The van der Waals surface area contributed by atoms with Crippen LogP contribution in [0.5, 0.6) is 5.75 Å². The number of phenolic OH excluding ortho intramolecular Hbond substituents is 1. The Hall–Kier alpha value is -1.59. The summed E-state index contributed by atoms with van der Waals surface area (Å²) >= 11 is 0. The van der Waals surface area contributed by atoms with Gasteiger partial charge in [-0.25, -0.2) is 0 Å². The molecule has 1 aliphatic heterocycles. The average Bonchev–Trinajstić information content (AvgIpc) is 3.33. The number of aromatic hydroxyl groups is 1. The van der Waals surface area contributed by atoms with Crippen molar-refractivity contribution < 1.29 is 15.1 Å². The van der Waals surface area contributed by atoms with Gasteiger partial charge in [0.2, 0.25) is 5.91 Å². The number of carbonyl (C=O) groups excluding carboxylic acids is 1. The SMILES string of the molecule is C[C@H](C(=O)NC1CC(C)(C)N([O])C(C)(C)C1)[C@]1(C)C[C@H]1[C@@H](C)Cc1ccc(O)cc1. The second kappa shape index (κ2) is 7.83. The molecule has 2 aliphatic rings. The maximum absolute atomic E-state index is 13.1. The summed E-state index contributed by atoms with van der Waals surface area (Å²) < 4.78 is 0. The fourth-order valence-corrected chi connectivity index (χ4v) is 5.90. The van der Waals surface area contributed by atoms with Crippen molar-refractivity contribution in [1.82, 2.24) is 10.4 Å². The van der Waals surface area contributed by atoms with Gasteiger partial charge in [-0.3, -0.25) is 4.79 Å². The molecule has 0 bridgehead atoms. The number of piperidine rings is 1. The second-order valence-electron chi connectivity index (χ2n) is 11.4. The van der Waals surface area contributed by atoms with Crippen molar-refractivity contribution in [3.8, 4) is 5.75 Å². The summed E-state index contributed by atoms with van der Waals surface area (Å²) in [7, 11) is 0. The van der Waals surface area contributed by atoms with Gasteiger partial charge in [0.1, 0.15) is 5.75 Å². The zero-order valence-corrected chi connectivity index (χ0v) is 19.7. The Kier molecular flexibility index (Phi) is 6.02. The number of hydroxylamine groups is 2. The number of hydrogen-bond acceptors (Lipinski definition) is 3. The molecule has 1 saturated carbocycles. The van der Waals surface area contributed by atoms with Crippen LogP contribution in [0.4, 0.5) is 0 Å². The fourth-order valence-electron chi connectivity index (χ4n) is 5.90. The van der Waals surface area contributed by atoms with Gasteiger partial charge in [0.15, 0.2) is 0 Å². The van der Waals surface area contributed by atoms with Crippen LogP contribution < -0.4 is 5.32 Å². The van der Waals surface area contributed by atoms with Crippen LogP contribution in [-0.4, -0.2) is 33.2 Å². The van der Waals surface area contributed by atoms with E-state index in [1.807, 2.05) is 39.8 Å². The smallest absolute Gasteiger partial charge is 0.223 e. The Labute approximate surface area is 181 Å². The second-order valence-corrected chi connectivity index (χ2v) is 11.4. The van der Waals surface area contributed by atoms with Crippen molar-refractivity contribution in [2.24, 2.45) is 23.2 Å². The number of phenols is 1. The molecule has 4 atom stereocenters. The summed E-state index contributed by atoms with van der Waals surface area (Å²) in [5, 5.41) is 26.5. The first-order valence-electron chi connectivity index (χ1n) is 11.3. The Morgan fingerprint density at radius 2 is 1.60 bits per heavy atom. The van der Waals surface area contributed by atoms with Crippen molar-refractivity contribution in [3.63, 3.8) is 0 Å². The zero-order valence-electron chi connectivity index (χ0n) is 19.7. The Morgan fingerprint density at radius 3 is 2.13 bits per heavy atom. The van der Waals surface area contributed by atoms with E-state index < -0.39 is 11.1 Å². The molecule has 2 fully saturated rings. The normalized spacial score (nSPS) is 30.5. The third-order valence-electron chi connectivity index (χ3n) is 7.85. The van der Waals surface area contributed by atoms with E-state index in [2.05, 4.69) is 26.1 Å². The number of hydrogen-bond donors (Lipinski definition) is 2. The van der Waals surface area contributed by atoms with Crippen molar-refractivity contribution >= 4 is 5.91 Å². The molecule has 0 unspecified atom stereocenters. The monoisotopic (exact) mass is 415 g/mol. The highest BCUT2D eigenvalue weighted by molar-refractivity contribution is 5.80. The lowest BCUT2D eigenvalue weighted by Crippen LogP contribution is -2.62. The van der Waals surface area contributed by atoms with E-state index in [9.17, 15) is 15.1 Å². The van der Waals surface area contributed by atoms with Gasteiger partial charge in [-0.1, -0.05) is 32.9 Å². The highest BCUT2D eigenvalue weighted by Gasteiger charge is 2.57. The van der Waals surface area contributed by atoms with Crippen LogP contribution in [0.25, 0.3) is 0 Å². The largest absolute Gasteiger partial charge is 0.508 e. The van der Waals surface area contributed by atoms with E-state index in [-0.39, 0.29) is 23.3 Å². The predicted molar refractivity (Wildman–Crippen MR) is 118 cm³/mol. The van der Waals surface area contributed by atoms with Gasteiger partial charge in [0, 0.05) is 23.0 Å². The minimum atomic E-state index is -0.479. The van der Waals surface area contributed by atoms with Crippen molar-refractivity contribution in [2.45, 2.75) is 91.3 Å². The fraction of sp³-hybridized carbons (Fsp3) is 0.720. The quantitative estimate of drug-likeness (QED) is 0.706. The number of nitrogens with zero attached hydrogens (tertiary/aromatic N) is 1. The summed E-state index contributed by atoms with van der Waals surface area (Å²) in [5.74, 6) is 1.36. The van der Waals surface area contributed by atoms with Gasteiger partial charge in [-0.2, -0.15) is 0 Å². The summed E-state index contributed by atoms with van der Waals surface area (Å²) in [5.41, 5.74) is 0.284. The van der Waals surface area contributed by atoms with E-state index in [1.54, 1.807) is 12.1 Å². The molecule has 167 valence electrons. The zero-order chi connectivity index (χ0) is 22.5. The van der Waals surface area contributed by atoms with Gasteiger partial charge in [0.25, 0.3) is 0 Å². The number of rotatable bonds is 6. The van der Waals surface area contributed by atoms with Crippen LogP contribution in [-0.2, 0) is 16.4 Å². The molecule has 30 heavy (non-hydrogen) atoms. The molecule has 0 aromatic heterocycles. The standard InChI is InChI=1S/C25H39N2O3/c1-16(12-18-8-10-20(28)11-9-18)21-15-25(21,7)17(2)22(29)26-19-13-23(3,4)27(30)24(5,6)14-19/h8-11,16-17,19,21,28H,12-15H2,1-7H3,(H,26,29)/t16-,17+,21-,25-/m0/s1. The van der Waals surface area contributed by atoms with Crippen LogP contribution in [0, 0.1) is 23.2 Å². The summed E-state index contributed by atoms with van der Waals surface area (Å²) in [6.45, 7) is 14.4. The molecular weight excluding hydrogens is 376 g/mol. The topological polar surface area (TPSA) is 72.5 Å². The molecule has 2 N–H and O–H groups in total. The van der Waals surface area contributed by atoms with Gasteiger partial charge < -0.3 is 10.4 Å². The third-order valence-corrected chi connectivity index (χ3v) is 7.85. The lowest BCUT2D eigenvalue weighted by Gasteiger charge is -2.50. The van der Waals surface area contributed by atoms with Crippen LogP contribution in [0.1, 0.15) is 73.3 Å². The van der Waals surface area contributed by atoms with E-state index in [0.717, 1.165) is 12.8 Å². The number of benzene rings is 1. The minimum absolute atomic E-state index is 0.0185. The highest BCUT2D eigenvalue weighted by atomic mass is 16.5. The highest BCUT2D eigenvalue weighted by Crippen LogP contribution is 2.61. The van der Waals surface area contributed by atoms with Crippen molar-refractivity contribution in [2.75, 3.05) is 0 Å². The summed E-state index contributed by atoms with van der Waals surface area (Å²) in [6.07, 6.45) is 3.38. The molecule has 1 saturated heterocycles. The molecule has 1 aromatic carbocycles. The lowest BCUT2D eigenvalue weighted by atomic mass is 9.78. The van der Waals surface area contributed by atoms with E-state index >= 15 is 0 Å².